The first kappa shape index (κ1) is 19.9. The largest absolute Gasteiger partial charge is 0.468 e. The van der Waals surface area contributed by atoms with E-state index in [1.165, 1.54) is 7.11 Å². The fraction of sp³-hybridized carbons (Fsp3) is 0.438. The van der Waals surface area contributed by atoms with Crippen LogP contribution in [0.1, 0.15) is 16.8 Å². The Morgan fingerprint density at radius 1 is 1.17 bits per heavy atom. The van der Waals surface area contributed by atoms with Gasteiger partial charge in [0.05, 0.1) is 7.11 Å². The number of hydrogen-bond donors (Lipinski definition) is 3. The number of benzene rings is 1. The van der Waals surface area contributed by atoms with E-state index in [9.17, 15) is 9.59 Å². The average Bonchev–Trinajstić information content (AvgIpc) is 2.56. The summed E-state index contributed by atoms with van der Waals surface area (Å²) in [7, 11) is 5.32. The molecule has 0 aliphatic rings. The molecule has 24 heavy (non-hydrogen) atoms. The number of amides is 1. The molecular formula is C16H24N4O3S. The summed E-state index contributed by atoms with van der Waals surface area (Å²) in [5.41, 5.74) is 1.24. The summed E-state index contributed by atoms with van der Waals surface area (Å²) in [6.07, 6.45) is 0.994. The van der Waals surface area contributed by atoms with Gasteiger partial charge < -0.3 is 25.6 Å². The first-order valence-electron chi connectivity index (χ1n) is 7.57. The van der Waals surface area contributed by atoms with Crippen LogP contribution in [-0.4, -0.2) is 62.7 Å². The summed E-state index contributed by atoms with van der Waals surface area (Å²) < 4.78 is 4.47. The van der Waals surface area contributed by atoms with Crippen LogP contribution in [0.4, 0.5) is 5.69 Å². The number of nitrogens with one attached hydrogen (secondary N) is 3. The number of esters is 1. The third kappa shape index (κ3) is 7.89. The Labute approximate surface area is 147 Å². The minimum Gasteiger partial charge on any atom is -0.468 e. The van der Waals surface area contributed by atoms with Crippen LogP contribution in [0.15, 0.2) is 24.3 Å². The van der Waals surface area contributed by atoms with Crippen molar-refractivity contribution in [2.24, 2.45) is 0 Å². The molecule has 8 heteroatoms. The molecule has 0 atom stereocenters. The number of thiocarbonyl (C=S) groups is 1. The zero-order chi connectivity index (χ0) is 17.9. The van der Waals surface area contributed by atoms with Crippen molar-refractivity contribution >= 4 is 34.9 Å². The van der Waals surface area contributed by atoms with Gasteiger partial charge in [0.25, 0.3) is 5.91 Å². The van der Waals surface area contributed by atoms with Gasteiger partial charge in [-0.3, -0.25) is 9.59 Å². The maximum atomic E-state index is 11.8. The van der Waals surface area contributed by atoms with E-state index in [2.05, 4.69) is 25.6 Å². The lowest BCUT2D eigenvalue weighted by Gasteiger charge is -2.13. The Hall–Kier alpha value is -2.19. The predicted molar refractivity (Wildman–Crippen MR) is 98.2 cm³/mol. The fourth-order valence-corrected chi connectivity index (χ4v) is 2.02. The standard InChI is InChI=1S/C16H24N4O3S/c1-20(2)10-4-9-17-16(24)19-13-7-5-12(6-8-13)15(22)18-11-14(21)23-3/h5-8H,4,9-11H2,1-3H3,(H,18,22)(H2,17,19,24). The molecule has 0 aromatic heterocycles. The maximum absolute atomic E-state index is 11.8. The van der Waals surface area contributed by atoms with Crippen molar-refractivity contribution in [2.45, 2.75) is 6.42 Å². The molecule has 3 N–H and O–H groups in total. The molecule has 0 heterocycles. The number of rotatable bonds is 8. The zero-order valence-corrected chi connectivity index (χ0v) is 15.0. The Kier molecular flexibility index (Phi) is 8.74. The van der Waals surface area contributed by atoms with E-state index in [0.717, 1.165) is 25.2 Å². The molecule has 7 nitrogen and oxygen atoms in total. The molecule has 0 fully saturated rings. The van der Waals surface area contributed by atoms with Gasteiger partial charge in [0, 0.05) is 17.8 Å². The highest BCUT2D eigenvalue weighted by molar-refractivity contribution is 7.80. The second-order valence-electron chi connectivity index (χ2n) is 5.37. The summed E-state index contributed by atoms with van der Waals surface area (Å²) in [5, 5.41) is 9.20. The predicted octanol–water partition coefficient (Wildman–Crippen LogP) is 0.828. The van der Waals surface area contributed by atoms with Crippen LogP contribution >= 0.6 is 12.2 Å². The van der Waals surface area contributed by atoms with E-state index >= 15 is 0 Å². The number of nitrogens with zero attached hydrogens (tertiary/aromatic N) is 1. The minimum absolute atomic E-state index is 0.156. The first-order valence-corrected chi connectivity index (χ1v) is 7.98. The van der Waals surface area contributed by atoms with Crippen molar-refractivity contribution in [3.8, 4) is 0 Å². The van der Waals surface area contributed by atoms with Crippen LogP contribution in [0, 0.1) is 0 Å². The van der Waals surface area contributed by atoms with Gasteiger partial charge in [0.15, 0.2) is 5.11 Å². The van der Waals surface area contributed by atoms with Crippen LogP contribution in [0.2, 0.25) is 0 Å². The summed E-state index contributed by atoms with van der Waals surface area (Å²) >= 11 is 5.22. The molecule has 1 amide bonds. The molecule has 0 unspecified atom stereocenters. The van der Waals surface area contributed by atoms with Gasteiger partial charge in [-0.1, -0.05) is 0 Å². The van der Waals surface area contributed by atoms with Gasteiger partial charge in [0.1, 0.15) is 6.54 Å². The van der Waals surface area contributed by atoms with E-state index in [4.69, 9.17) is 12.2 Å². The highest BCUT2D eigenvalue weighted by atomic mass is 32.1. The Bertz CT molecular complexity index is 561. The Morgan fingerprint density at radius 2 is 1.83 bits per heavy atom. The minimum atomic E-state index is -0.493. The lowest BCUT2D eigenvalue weighted by Crippen LogP contribution is -2.31. The van der Waals surface area contributed by atoms with Crippen molar-refractivity contribution in [3.63, 3.8) is 0 Å². The summed E-state index contributed by atoms with van der Waals surface area (Å²) in [5.74, 6) is -0.830. The highest BCUT2D eigenvalue weighted by Crippen LogP contribution is 2.09. The topological polar surface area (TPSA) is 82.7 Å². The summed E-state index contributed by atoms with van der Waals surface area (Å²) in [6.45, 7) is 1.62. The lowest BCUT2D eigenvalue weighted by molar-refractivity contribution is -0.139. The van der Waals surface area contributed by atoms with Crippen LogP contribution in [0.3, 0.4) is 0 Å². The normalized spacial score (nSPS) is 10.2. The zero-order valence-electron chi connectivity index (χ0n) is 14.2. The van der Waals surface area contributed by atoms with Crippen LogP contribution in [0.5, 0.6) is 0 Å². The van der Waals surface area contributed by atoms with Crippen molar-refractivity contribution in [2.75, 3.05) is 46.2 Å². The molecule has 1 aromatic carbocycles. The molecule has 0 radical (unpaired) electrons. The average molecular weight is 352 g/mol. The smallest absolute Gasteiger partial charge is 0.325 e. The number of methoxy groups -OCH3 is 1. The van der Waals surface area contributed by atoms with Crippen molar-refractivity contribution < 1.29 is 14.3 Å². The second kappa shape index (κ2) is 10.6. The SMILES string of the molecule is COC(=O)CNC(=O)c1ccc(NC(=S)NCCCN(C)C)cc1. The van der Waals surface area contributed by atoms with E-state index in [-0.39, 0.29) is 12.5 Å². The molecule has 1 aromatic rings. The molecule has 0 bridgehead atoms. The maximum Gasteiger partial charge on any atom is 0.325 e. The molecule has 0 aliphatic carbocycles. The van der Waals surface area contributed by atoms with Crippen LogP contribution < -0.4 is 16.0 Å². The monoisotopic (exact) mass is 352 g/mol. The molecular weight excluding hydrogens is 328 g/mol. The second-order valence-corrected chi connectivity index (χ2v) is 5.78. The Balaban J connectivity index is 2.39. The number of hydrogen-bond acceptors (Lipinski definition) is 5. The van der Waals surface area contributed by atoms with Gasteiger partial charge in [-0.25, -0.2) is 0 Å². The fourth-order valence-electron chi connectivity index (χ4n) is 1.80. The van der Waals surface area contributed by atoms with Gasteiger partial charge >= 0.3 is 5.97 Å². The quantitative estimate of drug-likeness (QED) is 0.363. The molecule has 1 rings (SSSR count). The van der Waals surface area contributed by atoms with Gasteiger partial charge in [0.2, 0.25) is 0 Å². The van der Waals surface area contributed by atoms with Gasteiger partial charge in [-0.2, -0.15) is 0 Å². The van der Waals surface area contributed by atoms with Gasteiger partial charge in [-0.05, 0) is 63.5 Å². The summed E-state index contributed by atoms with van der Waals surface area (Å²) in [4.78, 5) is 25.0. The number of carbonyl (C=O) groups excluding carboxylic acids is 2. The Morgan fingerprint density at radius 3 is 2.42 bits per heavy atom. The van der Waals surface area contributed by atoms with Gasteiger partial charge in [-0.15, -0.1) is 0 Å². The first-order chi connectivity index (χ1) is 11.4. The number of carbonyl (C=O) groups is 2. The molecule has 0 saturated heterocycles. The number of anilines is 1. The third-order valence-corrected chi connectivity index (χ3v) is 3.34. The van der Waals surface area contributed by atoms with Crippen molar-refractivity contribution in [1.29, 1.82) is 0 Å². The number of ether oxygens (including phenoxy) is 1. The lowest BCUT2D eigenvalue weighted by atomic mass is 10.2. The van der Waals surface area contributed by atoms with Crippen LogP contribution in [0.25, 0.3) is 0 Å². The van der Waals surface area contributed by atoms with E-state index in [0.29, 0.717) is 10.7 Å². The summed E-state index contributed by atoms with van der Waals surface area (Å²) in [6, 6.07) is 6.81. The van der Waals surface area contributed by atoms with E-state index in [1.807, 2.05) is 14.1 Å². The van der Waals surface area contributed by atoms with Crippen molar-refractivity contribution in [3.05, 3.63) is 29.8 Å². The molecule has 0 spiro atoms. The molecule has 132 valence electrons. The third-order valence-electron chi connectivity index (χ3n) is 3.09. The molecule has 0 aliphatic heterocycles. The highest BCUT2D eigenvalue weighted by Gasteiger charge is 2.08. The van der Waals surface area contributed by atoms with E-state index < -0.39 is 5.97 Å². The van der Waals surface area contributed by atoms with Crippen LogP contribution in [-0.2, 0) is 9.53 Å². The van der Waals surface area contributed by atoms with E-state index in [1.54, 1.807) is 24.3 Å². The van der Waals surface area contributed by atoms with Crippen molar-refractivity contribution in [1.82, 2.24) is 15.5 Å². The molecule has 0 saturated carbocycles.